The second-order valence-corrected chi connectivity index (χ2v) is 3.03. The Kier molecular flexibility index (Phi) is 3.63. The van der Waals surface area contributed by atoms with Gasteiger partial charge in [-0.05, 0) is 18.6 Å². The van der Waals surface area contributed by atoms with Gasteiger partial charge in [-0.1, -0.05) is 0 Å². The van der Waals surface area contributed by atoms with Gasteiger partial charge in [0, 0.05) is 12.7 Å². The van der Waals surface area contributed by atoms with Crippen LogP contribution in [0.2, 0.25) is 0 Å². The Hall–Kier alpha value is -2.09. The summed E-state index contributed by atoms with van der Waals surface area (Å²) in [6.45, 7) is 2.07. The molecule has 0 saturated carbocycles. The molecule has 0 amide bonds. The number of nitriles is 1. The zero-order valence-corrected chi connectivity index (χ0v) is 8.32. The molecule has 0 aliphatic heterocycles. The second-order valence-electron chi connectivity index (χ2n) is 3.03. The molecule has 0 radical (unpaired) electrons. The Morgan fingerprint density at radius 3 is 3.07 bits per heavy atom. The lowest BCUT2D eigenvalue weighted by Crippen LogP contribution is -2.10. The molecule has 15 heavy (non-hydrogen) atoms. The van der Waals surface area contributed by atoms with Crippen LogP contribution in [-0.4, -0.2) is 22.6 Å². The maximum Gasteiger partial charge on any atom is 0.305 e. The van der Waals surface area contributed by atoms with E-state index in [2.05, 4.69) is 10.3 Å². The molecule has 0 aliphatic carbocycles. The van der Waals surface area contributed by atoms with Crippen molar-refractivity contribution in [2.24, 2.45) is 0 Å². The van der Waals surface area contributed by atoms with Crippen LogP contribution in [0.5, 0.6) is 0 Å². The van der Waals surface area contributed by atoms with Crippen LogP contribution in [0.4, 0.5) is 5.82 Å². The summed E-state index contributed by atoms with van der Waals surface area (Å²) in [5, 5.41) is 20.1. The molecular weight excluding hydrogens is 194 g/mol. The summed E-state index contributed by atoms with van der Waals surface area (Å²) in [5.41, 5.74) is 1.29. The van der Waals surface area contributed by atoms with E-state index in [-0.39, 0.29) is 13.0 Å². The second kappa shape index (κ2) is 4.96. The monoisotopic (exact) mass is 205 g/mol. The highest BCUT2D eigenvalue weighted by molar-refractivity contribution is 5.67. The van der Waals surface area contributed by atoms with Gasteiger partial charge in [-0.15, -0.1) is 0 Å². The lowest BCUT2D eigenvalue weighted by Gasteiger charge is -2.06. The zero-order chi connectivity index (χ0) is 11.3. The first-order chi connectivity index (χ1) is 7.15. The fourth-order valence-corrected chi connectivity index (χ4v) is 1.12. The van der Waals surface area contributed by atoms with Crippen molar-refractivity contribution < 1.29 is 9.90 Å². The van der Waals surface area contributed by atoms with Crippen molar-refractivity contribution in [1.29, 1.82) is 5.26 Å². The molecule has 0 unspecified atom stereocenters. The number of aromatic nitrogens is 1. The number of carboxylic acid groups (broad SMARTS) is 1. The maximum absolute atomic E-state index is 10.3. The third kappa shape index (κ3) is 2.95. The SMILES string of the molecule is Cc1ccnc(NCCC(=O)O)c1C#N. The molecule has 0 fully saturated rings. The van der Waals surface area contributed by atoms with Crippen molar-refractivity contribution in [3.05, 3.63) is 23.4 Å². The molecule has 1 rings (SSSR count). The molecule has 2 N–H and O–H groups in total. The van der Waals surface area contributed by atoms with E-state index in [0.717, 1.165) is 5.56 Å². The maximum atomic E-state index is 10.3. The van der Waals surface area contributed by atoms with Crippen molar-refractivity contribution in [2.75, 3.05) is 11.9 Å². The standard InChI is InChI=1S/C10H11N3O2/c1-7-2-4-12-10(8(7)6-11)13-5-3-9(14)15/h2,4H,3,5H2,1H3,(H,12,13)(H,14,15). The molecule has 5 nitrogen and oxygen atoms in total. The average molecular weight is 205 g/mol. The molecule has 0 saturated heterocycles. The van der Waals surface area contributed by atoms with Crippen LogP contribution in [0.3, 0.4) is 0 Å². The van der Waals surface area contributed by atoms with Gasteiger partial charge in [0.2, 0.25) is 0 Å². The minimum absolute atomic E-state index is 0.000487. The van der Waals surface area contributed by atoms with E-state index in [4.69, 9.17) is 10.4 Å². The third-order valence-corrected chi connectivity index (χ3v) is 1.90. The van der Waals surface area contributed by atoms with Crippen molar-refractivity contribution in [3.63, 3.8) is 0 Å². The summed E-state index contributed by atoms with van der Waals surface area (Å²) in [6, 6.07) is 3.77. The normalized spacial score (nSPS) is 9.33. The number of pyridine rings is 1. The summed E-state index contributed by atoms with van der Waals surface area (Å²) < 4.78 is 0. The van der Waals surface area contributed by atoms with Crippen LogP contribution >= 0.6 is 0 Å². The van der Waals surface area contributed by atoms with Gasteiger partial charge in [-0.25, -0.2) is 4.98 Å². The summed E-state index contributed by atoms with van der Waals surface area (Å²) in [5.74, 6) is -0.438. The molecule has 0 aliphatic rings. The van der Waals surface area contributed by atoms with Gasteiger partial charge in [0.05, 0.1) is 12.0 Å². The molecule has 0 bridgehead atoms. The van der Waals surface area contributed by atoms with E-state index in [1.807, 2.05) is 13.0 Å². The predicted molar refractivity (Wildman–Crippen MR) is 54.4 cm³/mol. The first kappa shape index (κ1) is 11.0. The molecular formula is C10H11N3O2. The molecule has 78 valence electrons. The summed E-state index contributed by atoms with van der Waals surface area (Å²) in [7, 11) is 0. The van der Waals surface area contributed by atoms with E-state index in [1.54, 1.807) is 12.3 Å². The van der Waals surface area contributed by atoms with Crippen LogP contribution in [-0.2, 0) is 4.79 Å². The molecule has 1 heterocycles. The van der Waals surface area contributed by atoms with Gasteiger partial charge >= 0.3 is 5.97 Å². The van der Waals surface area contributed by atoms with Gasteiger partial charge in [0.15, 0.2) is 0 Å². The number of rotatable bonds is 4. The first-order valence-electron chi connectivity index (χ1n) is 4.46. The number of carboxylic acids is 1. The van der Waals surface area contributed by atoms with Crippen molar-refractivity contribution in [3.8, 4) is 6.07 Å². The number of hydrogen-bond acceptors (Lipinski definition) is 4. The number of carbonyl (C=O) groups is 1. The lowest BCUT2D eigenvalue weighted by molar-refractivity contribution is -0.136. The van der Waals surface area contributed by atoms with E-state index in [0.29, 0.717) is 11.4 Å². The highest BCUT2D eigenvalue weighted by Gasteiger charge is 2.06. The van der Waals surface area contributed by atoms with Gasteiger partial charge in [-0.3, -0.25) is 4.79 Å². The largest absolute Gasteiger partial charge is 0.481 e. The van der Waals surface area contributed by atoms with Crippen LogP contribution in [0.25, 0.3) is 0 Å². The Bertz CT molecular complexity index is 410. The average Bonchev–Trinajstić information content (AvgIpc) is 2.17. The Labute approximate surface area is 87.4 Å². The Morgan fingerprint density at radius 2 is 2.47 bits per heavy atom. The van der Waals surface area contributed by atoms with Crippen molar-refractivity contribution in [2.45, 2.75) is 13.3 Å². The van der Waals surface area contributed by atoms with Crippen molar-refractivity contribution >= 4 is 11.8 Å². The van der Waals surface area contributed by atoms with Crippen LogP contribution in [0, 0.1) is 18.3 Å². The lowest BCUT2D eigenvalue weighted by atomic mass is 10.1. The van der Waals surface area contributed by atoms with E-state index in [1.165, 1.54) is 0 Å². The van der Waals surface area contributed by atoms with Crippen LogP contribution in [0.1, 0.15) is 17.5 Å². The fourth-order valence-electron chi connectivity index (χ4n) is 1.12. The number of hydrogen-bond donors (Lipinski definition) is 2. The number of aliphatic carboxylic acids is 1. The molecule has 1 aromatic rings. The van der Waals surface area contributed by atoms with Gasteiger partial charge in [0.25, 0.3) is 0 Å². The van der Waals surface area contributed by atoms with E-state index < -0.39 is 5.97 Å². The Balaban J connectivity index is 2.73. The quantitative estimate of drug-likeness (QED) is 0.770. The molecule has 0 aromatic carbocycles. The molecule has 5 heteroatoms. The highest BCUT2D eigenvalue weighted by Crippen LogP contribution is 2.14. The van der Waals surface area contributed by atoms with E-state index >= 15 is 0 Å². The van der Waals surface area contributed by atoms with Gasteiger partial charge in [0.1, 0.15) is 11.9 Å². The molecule has 1 aromatic heterocycles. The van der Waals surface area contributed by atoms with E-state index in [9.17, 15) is 4.79 Å². The Morgan fingerprint density at radius 1 is 1.73 bits per heavy atom. The topological polar surface area (TPSA) is 86.0 Å². The third-order valence-electron chi connectivity index (χ3n) is 1.90. The number of anilines is 1. The molecule has 0 spiro atoms. The number of nitrogens with zero attached hydrogens (tertiary/aromatic N) is 2. The summed E-state index contributed by atoms with van der Waals surface area (Å²) in [4.78, 5) is 14.3. The highest BCUT2D eigenvalue weighted by atomic mass is 16.4. The number of nitrogens with one attached hydrogen (secondary N) is 1. The fraction of sp³-hybridized carbons (Fsp3) is 0.300. The van der Waals surface area contributed by atoms with Gasteiger partial charge in [-0.2, -0.15) is 5.26 Å². The summed E-state index contributed by atoms with van der Waals surface area (Å²) >= 11 is 0. The zero-order valence-electron chi connectivity index (χ0n) is 8.32. The van der Waals surface area contributed by atoms with Crippen LogP contribution in [0.15, 0.2) is 12.3 Å². The van der Waals surface area contributed by atoms with Gasteiger partial charge < -0.3 is 10.4 Å². The molecule has 0 atom stereocenters. The predicted octanol–water partition coefficient (Wildman–Crippen LogP) is 1.15. The minimum atomic E-state index is -0.881. The smallest absolute Gasteiger partial charge is 0.305 e. The number of aryl methyl sites for hydroxylation is 1. The van der Waals surface area contributed by atoms with Crippen molar-refractivity contribution in [1.82, 2.24) is 4.98 Å². The van der Waals surface area contributed by atoms with Crippen LogP contribution < -0.4 is 5.32 Å². The first-order valence-corrected chi connectivity index (χ1v) is 4.46. The minimum Gasteiger partial charge on any atom is -0.481 e. The summed E-state index contributed by atoms with van der Waals surface area (Å²) in [6.07, 6.45) is 1.58.